The van der Waals surface area contributed by atoms with Gasteiger partial charge in [0.05, 0.1) is 24.3 Å². The van der Waals surface area contributed by atoms with Crippen LogP contribution in [0.1, 0.15) is 41.3 Å². The number of nitrogens with one attached hydrogen (secondary N) is 1. The second-order valence-corrected chi connectivity index (χ2v) is 9.75. The third-order valence-electron chi connectivity index (χ3n) is 6.43. The summed E-state index contributed by atoms with van der Waals surface area (Å²) in [5, 5.41) is 2.84. The van der Waals surface area contributed by atoms with Crippen LogP contribution in [0.5, 0.6) is 6.01 Å². The van der Waals surface area contributed by atoms with Gasteiger partial charge in [0.25, 0.3) is 0 Å². The first kappa shape index (κ1) is 30.2. The Morgan fingerprint density at radius 3 is 2.41 bits per heavy atom. The maximum absolute atomic E-state index is 13.1. The highest BCUT2D eigenvalue weighted by molar-refractivity contribution is 5.77. The van der Waals surface area contributed by atoms with Crippen LogP contribution in [0.25, 0.3) is 0 Å². The maximum atomic E-state index is 13.1. The lowest BCUT2D eigenvalue weighted by Gasteiger charge is -2.31. The van der Waals surface area contributed by atoms with Crippen LogP contribution in [0, 0.1) is 5.92 Å². The van der Waals surface area contributed by atoms with Gasteiger partial charge in [-0.3, -0.25) is 14.7 Å². The number of piperidine rings is 1. The Balaban J connectivity index is 1.37. The van der Waals surface area contributed by atoms with E-state index in [1.807, 2.05) is 17.0 Å². The van der Waals surface area contributed by atoms with Crippen molar-refractivity contribution in [3.63, 3.8) is 0 Å². The number of carbonyl (C=O) groups excluding carboxylic acids is 1. The van der Waals surface area contributed by atoms with Gasteiger partial charge in [-0.25, -0.2) is 4.98 Å². The zero-order valence-corrected chi connectivity index (χ0v) is 21.9. The second kappa shape index (κ2) is 13.2. The number of aromatic nitrogens is 4. The van der Waals surface area contributed by atoms with Crippen molar-refractivity contribution >= 4 is 5.91 Å². The molecule has 1 aliphatic heterocycles. The van der Waals surface area contributed by atoms with Gasteiger partial charge in [0.15, 0.2) is 6.61 Å². The van der Waals surface area contributed by atoms with Crippen LogP contribution < -0.4 is 10.1 Å². The third-order valence-corrected chi connectivity index (χ3v) is 6.43. The minimum Gasteiger partial charge on any atom is -0.454 e. The number of hydrogen-bond donors (Lipinski definition) is 1. The maximum Gasteiger partial charge on any atom is 0.422 e. The normalized spacial score (nSPS) is 15.1. The van der Waals surface area contributed by atoms with Gasteiger partial charge in [-0.05, 0) is 55.6 Å². The molecule has 3 aromatic rings. The lowest BCUT2D eigenvalue weighted by Crippen LogP contribution is -2.41. The molecule has 41 heavy (non-hydrogen) atoms. The number of pyridine rings is 1. The second-order valence-electron chi connectivity index (χ2n) is 9.75. The van der Waals surface area contributed by atoms with Crippen LogP contribution in [0.2, 0.25) is 0 Å². The van der Waals surface area contributed by atoms with E-state index < -0.39 is 30.5 Å². The van der Waals surface area contributed by atoms with Crippen molar-refractivity contribution in [2.45, 2.75) is 44.6 Å². The van der Waals surface area contributed by atoms with E-state index in [9.17, 15) is 31.1 Å². The number of nitrogens with zero attached hydrogens (tertiary/aromatic N) is 5. The van der Waals surface area contributed by atoms with Crippen molar-refractivity contribution in [1.29, 1.82) is 0 Å². The Morgan fingerprint density at radius 1 is 0.976 bits per heavy atom. The molecule has 2 aromatic heterocycles. The highest BCUT2D eigenvalue weighted by Gasteiger charge is 2.31. The summed E-state index contributed by atoms with van der Waals surface area (Å²) in [4.78, 5) is 30.8. The predicted octanol–water partition coefficient (Wildman–Crippen LogP) is 4.39. The molecule has 1 saturated heterocycles. The summed E-state index contributed by atoms with van der Waals surface area (Å²) in [6, 6.07) is 9.49. The summed E-state index contributed by atoms with van der Waals surface area (Å²) in [6.45, 7) is 0.196. The standard InChI is InChI=1S/C27H28F6N6O2/c28-26(29,30)17-41-25-37-22(36-23(38-25)14-19-4-3-5-20(12-19)27(31,32)33)13-18-7-10-39(11-8-18)16-24(40)35-15-21-6-1-2-9-34-21/h1-6,9,12,18H,7-8,10-11,13-17H2,(H,35,40). The van der Waals surface area contributed by atoms with Crippen molar-refractivity contribution in [3.8, 4) is 6.01 Å². The Hall–Kier alpha value is -3.81. The van der Waals surface area contributed by atoms with Crippen LogP contribution in [-0.2, 0) is 30.4 Å². The lowest BCUT2D eigenvalue weighted by atomic mass is 9.93. The van der Waals surface area contributed by atoms with Crippen LogP contribution in [0.3, 0.4) is 0 Å². The molecule has 1 fully saturated rings. The molecule has 4 rings (SSSR count). The minimum absolute atomic E-state index is 0.00788. The van der Waals surface area contributed by atoms with E-state index in [2.05, 4.69) is 25.3 Å². The van der Waals surface area contributed by atoms with E-state index in [4.69, 9.17) is 4.74 Å². The number of alkyl halides is 6. The average Bonchev–Trinajstić information content (AvgIpc) is 2.92. The van der Waals surface area contributed by atoms with Gasteiger partial charge in [0.2, 0.25) is 5.91 Å². The zero-order valence-electron chi connectivity index (χ0n) is 21.9. The number of ether oxygens (including phenoxy) is 1. The van der Waals surface area contributed by atoms with E-state index in [-0.39, 0.29) is 42.0 Å². The Morgan fingerprint density at radius 2 is 1.73 bits per heavy atom. The lowest BCUT2D eigenvalue weighted by molar-refractivity contribution is -0.154. The van der Waals surface area contributed by atoms with E-state index in [0.717, 1.165) is 17.8 Å². The van der Waals surface area contributed by atoms with E-state index in [1.165, 1.54) is 12.1 Å². The fourth-order valence-electron chi connectivity index (χ4n) is 4.42. The number of rotatable bonds is 10. The fourth-order valence-corrected chi connectivity index (χ4v) is 4.42. The first-order valence-electron chi connectivity index (χ1n) is 12.9. The number of benzene rings is 1. The summed E-state index contributed by atoms with van der Waals surface area (Å²) >= 11 is 0. The van der Waals surface area contributed by atoms with Crippen LogP contribution >= 0.6 is 0 Å². The third kappa shape index (κ3) is 9.95. The molecule has 1 aromatic carbocycles. The van der Waals surface area contributed by atoms with Gasteiger partial charge >= 0.3 is 18.4 Å². The van der Waals surface area contributed by atoms with E-state index in [1.54, 1.807) is 12.3 Å². The topological polar surface area (TPSA) is 93.1 Å². The first-order valence-corrected chi connectivity index (χ1v) is 12.9. The zero-order chi connectivity index (χ0) is 29.5. The molecule has 1 N–H and O–H groups in total. The molecule has 0 bridgehead atoms. The molecule has 0 spiro atoms. The quantitative estimate of drug-likeness (QED) is 0.355. The number of amides is 1. The highest BCUT2D eigenvalue weighted by Crippen LogP contribution is 2.30. The van der Waals surface area contributed by atoms with Crippen LogP contribution in [0.15, 0.2) is 48.7 Å². The molecule has 14 heteroatoms. The van der Waals surface area contributed by atoms with E-state index in [0.29, 0.717) is 38.9 Å². The molecule has 0 radical (unpaired) electrons. The van der Waals surface area contributed by atoms with Crippen LogP contribution in [0.4, 0.5) is 26.3 Å². The smallest absolute Gasteiger partial charge is 0.422 e. The van der Waals surface area contributed by atoms with Gasteiger partial charge in [-0.1, -0.05) is 24.3 Å². The molecule has 220 valence electrons. The largest absolute Gasteiger partial charge is 0.454 e. The predicted molar refractivity (Wildman–Crippen MR) is 135 cm³/mol. The van der Waals surface area contributed by atoms with Gasteiger partial charge < -0.3 is 10.1 Å². The Labute approximate surface area is 232 Å². The number of hydrogen-bond acceptors (Lipinski definition) is 7. The summed E-state index contributed by atoms with van der Waals surface area (Å²) in [7, 11) is 0. The number of carbonyl (C=O) groups is 1. The molecule has 0 unspecified atom stereocenters. The molecule has 1 aliphatic rings. The first-order chi connectivity index (χ1) is 19.4. The summed E-state index contributed by atoms with van der Waals surface area (Å²) in [5.41, 5.74) is 0.145. The van der Waals surface area contributed by atoms with Gasteiger partial charge in [0, 0.05) is 19.0 Å². The molecular formula is C27H28F6N6O2. The van der Waals surface area contributed by atoms with Crippen molar-refractivity contribution in [3.05, 3.63) is 77.1 Å². The van der Waals surface area contributed by atoms with E-state index >= 15 is 0 Å². The molecule has 0 aliphatic carbocycles. The summed E-state index contributed by atoms with van der Waals surface area (Å²) < 4.78 is 82.3. The van der Waals surface area contributed by atoms with Crippen molar-refractivity contribution < 1.29 is 35.9 Å². The monoisotopic (exact) mass is 582 g/mol. The number of likely N-dealkylation sites (tertiary alicyclic amines) is 1. The molecule has 1 amide bonds. The molecule has 3 heterocycles. The summed E-state index contributed by atoms with van der Waals surface area (Å²) in [6.07, 6.45) is -5.95. The fraction of sp³-hybridized carbons (Fsp3) is 0.444. The van der Waals surface area contributed by atoms with Gasteiger partial charge in [-0.2, -0.15) is 36.3 Å². The molecular weight excluding hydrogens is 554 g/mol. The average molecular weight is 583 g/mol. The molecule has 0 saturated carbocycles. The Bertz CT molecular complexity index is 1300. The van der Waals surface area contributed by atoms with Crippen molar-refractivity contribution in [1.82, 2.24) is 30.2 Å². The van der Waals surface area contributed by atoms with Crippen molar-refractivity contribution in [2.75, 3.05) is 26.2 Å². The summed E-state index contributed by atoms with van der Waals surface area (Å²) in [5.74, 6) is 0.165. The van der Waals surface area contributed by atoms with Gasteiger partial charge in [0.1, 0.15) is 11.6 Å². The number of halogens is 6. The Kier molecular flexibility index (Phi) is 9.73. The minimum atomic E-state index is -4.62. The van der Waals surface area contributed by atoms with Gasteiger partial charge in [-0.15, -0.1) is 0 Å². The highest BCUT2D eigenvalue weighted by atomic mass is 19.4. The van der Waals surface area contributed by atoms with Crippen molar-refractivity contribution in [2.24, 2.45) is 5.92 Å². The molecule has 0 atom stereocenters. The molecule has 8 nitrogen and oxygen atoms in total. The van der Waals surface area contributed by atoms with Crippen LogP contribution in [-0.4, -0.2) is 63.2 Å². The SMILES string of the molecule is O=C(CN1CCC(Cc2nc(Cc3cccc(C(F)(F)F)c3)nc(OCC(F)(F)F)n2)CC1)NCc1ccccn1.